The Morgan fingerprint density at radius 1 is 1.17 bits per heavy atom. The van der Waals surface area contributed by atoms with Crippen molar-refractivity contribution >= 4 is 22.6 Å². The molecule has 13 heteroatoms. The van der Waals surface area contributed by atoms with Crippen molar-refractivity contribution < 1.29 is 18.0 Å². The smallest absolute Gasteiger partial charge is 0.370 e. The van der Waals surface area contributed by atoms with E-state index in [4.69, 9.17) is 0 Å². The van der Waals surface area contributed by atoms with Crippen molar-refractivity contribution in [3.63, 3.8) is 0 Å². The zero-order valence-electron chi connectivity index (χ0n) is 20.0. The van der Waals surface area contributed by atoms with Gasteiger partial charge in [0.15, 0.2) is 11.3 Å². The summed E-state index contributed by atoms with van der Waals surface area (Å²) in [5, 5.41) is 5.54. The van der Waals surface area contributed by atoms with Crippen LogP contribution in [0.25, 0.3) is 11.0 Å². The molecule has 1 unspecified atom stereocenters. The van der Waals surface area contributed by atoms with Crippen LogP contribution in [-0.2, 0) is 13.2 Å². The van der Waals surface area contributed by atoms with Crippen LogP contribution in [0, 0.1) is 0 Å². The van der Waals surface area contributed by atoms with Crippen molar-refractivity contribution in [3.05, 3.63) is 45.9 Å². The van der Waals surface area contributed by atoms with Gasteiger partial charge in [-0.3, -0.25) is 14.5 Å². The molecule has 2 aliphatic heterocycles. The van der Waals surface area contributed by atoms with Gasteiger partial charge in [-0.2, -0.15) is 18.3 Å². The van der Waals surface area contributed by atoms with E-state index < -0.39 is 22.8 Å². The highest BCUT2D eigenvalue weighted by Crippen LogP contribution is 2.33. The fourth-order valence-electron chi connectivity index (χ4n) is 5.23. The molecule has 0 bridgehead atoms. The maximum absolute atomic E-state index is 13.3. The number of piperidine rings is 1. The van der Waals surface area contributed by atoms with Gasteiger partial charge in [-0.15, -0.1) is 0 Å². The Morgan fingerprint density at radius 2 is 1.92 bits per heavy atom. The molecule has 0 spiro atoms. The van der Waals surface area contributed by atoms with E-state index in [1.807, 2.05) is 6.07 Å². The fraction of sp³-hybridized carbons (Fsp3) is 0.522. The maximum atomic E-state index is 13.3. The zero-order valence-corrected chi connectivity index (χ0v) is 20.0. The van der Waals surface area contributed by atoms with Crippen molar-refractivity contribution in [2.75, 3.05) is 38.1 Å². The first-order valence-electron chi connectivity index (χ1n) is 11.9. The number of carbonyl (C=O) groups excluding carboxylic acids is 1. The Kier molecular flexibility index (Phi) is 6.18. The van der Waals surface area contributed by atoms with Crippen LogP contribution < -0.4 is 15.8 Å². The third-order valence-electron chi connectivity index (χ3n) is 7.14. The summed E-state index contributed by atoms with van der Waals surface area (Å²) in [6.45, 7) is 3.22. The molecule has 0 saturated carbocycles. The van der Waals surface area contributed by atoms with E-state index >= 15 is 0 Å². The first-order valence-corrected chi connectivity index (χ1v) is 11.9. The van der Waals surface area contributed by atoms with Gasteiger partial charge in [-0.25, -0.2) is 14.6 Å². The van der Waals surface area contributed by atoms with E-state index in [-0.39, 0.29) is 17.5 Å². The maximum Gasteiger partial charge on any atom is 0.436 e. The van der Waals surface area contributed by atoms with Gasteiger partial charge in [-0.05, 0) is 37.9 Å². The molecule has 0 radical (unpaired) electrons. The van der Waals surface area contributed by atoms with Crippen molar-refractivity contribution in [1.29, 1.82) is 0 Å². The Labute approximate surface area is 204 Å². The largest absolute Gasteiger partial charge is 0.436 e. The van der Waals surface area contributed by atoms with E-state index in [1.54, 1.807) is 19.3 Å². The topological polar surface area (TPSA) is 112 Å². The molecule has 5 rings (SSSR count). The second kappa shape index (κ2) is 9.19. The predicted octanol–water partition coefficient (Wildman–Crippen LogP) is 1.89. The summed E-state index contributed by atoms with van der Waals surface area (Å²) in [5.41, 5.74) is -0.713. The number of aromatic nitrogens is 5. The van der Waals surface area contributed by atoms with Crippen LogP contribution in [0.5, 0.6) is 0 Å². The number of H-pyrrole nitrogens is 1. The van der Waals surface area contributed by atoms with Crippen molar-refractivity contribution in [2.24, 2.45) is 7.05 Å². The number of amides is 1. The Hall–Kier alpha value is -3.48. The van der Waals surface area contributed by atoms with Crippen LogP contribution in [0.15, 0.2) is 23.1 Å². The summed E-state index contributed by atoms with van der Waals surface area (Å²) in [7, 11) is 2.93. The average Bonchev–Trinajstić information content (AvgIpc) is 3.49. The molecule has 3 aromatic rings. The van der Waals surface area contributed by atoms with E-state index in [9.17, 15) is 22.8 Å². The predicted molar refractivity (Wildman–Crippen MR) is 126 cm³/mol. The molecule has 192 valence electrons. The molecule has 2 N–H and O–H groups in total. The number of fused-ring (bicyclic) bond motifs is 1. The van der Waals surface area contributed by atoms with Gasteiger partial charge in [0.05, 0.1) is 11.9 Å². The molecule has 1 atom stereocenters. The van der Waals surface area contributed by atoms with Crippen LogP contribution in [-0.4, -0.2) is 74.8 Å². The zero-order chi connectivity index (χ0) is 25.6. The van der Waals surface area contributed by atoms with E-state index in [2.05, 4.69) is 35.2 Å². The van der Waals surface area contributed by atoms with Crippen LogP contribution in [0.4, 0.5) is 18.9 Å². The molecule has 3 aromatic heterocycles. The number of halogens is 3. The second-order valence-corrected chi connectivity index (χ2v) is 9.30. The van der Waals surface area contributed by atoms with E-state index in [1.165, 1.54) is 7.05 Å². The molecule has 1 amide bonds. The van der Waals surface area contributed by atoms with Crippen LogP contribution >= 0.6 is 0 Å². The van der Waals surface area contributed by atoms with Crippen LogP contribution in [0.2, 0.25) is 0 Å². The highest BCUT2D eigenvalue weighted by atomic mass is 19.4. The molecule has 5 heterocycles. The number of anilines is 1. The van der Waals surface area contributed by atoms with Crippen molar-refractivity contribution in [2.45, 2.75) is 37.4 Å². The number of likely N-dealkylation sites (tertiary alicyclic amines) is 1. The lowest BCUT2D eigenvalue weighted by Gasteiger charge is -2.37. The summed E-state index contributed by atoms with van der Waals surface area (Å²) in [4.78, 5) is 40.1. The first-order chi connectivity index (χ1) is 17.2. The summed E-state index contributed by atoms with van der Waals surface area (Å²) in [6, 6.07) is 3.99. The fourth-order valence-corrected chi connectivity index (χ4v) is 5.23. The molecular weight excluding hydrogens is 477 g/mol. The van der Waals surface area contributed by atoms with Gasteiger partial charge >= 0.3 is 6.18 Å². The lowest BCUT2D eigenvalue weighted by atomic mass is 10.0. The van der Waals surface area contributed by atoms with Gasteiger partial charge < -0.3 is 15.2 Å². The second-order valence-electron chi connectivity index (χ2n) is 9.30. The molecule has 0 aromatic carbocycles. The number of aryl methyl sites for hydroxylation is 1. The lowest BCUT2D eigenvalue weighted by Crippen LogP contribution is -2.44. The molecule has 2 aliphatic rings. The Morgan fingerprint density at radius 3 is 2.56 bits per heavy atom. The summed E-state index contributed by atoms with van der Waals surface area (Å²) in [6.07, 6.45) is -0.342. The monoisotopic (exact) mass is 504 g/mol. The number of nitrogens with one attached hydrogen (secondary N) is 2. The number of pyridine rings is 1. The highest BCUT2D eigenvalue weighted by Gasteiger charge is 2.39. The lowest BCUT2D eigenvalue weighted by molar-refractivity contribution is -0.140. The number of rotatable bonds is 4. The SMILES string of the molecule is CNC(=O)c1ccc(N2CCC(N3CCC(c4nc5c(c(C(F)(F)F)nn5C)c(=O)[nH]4)C3)CC2)cn1. The first kappa shape index (κ1) is 24.2. The quantitative estimate of drug-likeness (QED) is 0.558. The summed E-state index contributed by atoms with van der Waals surface area (Å²) < 4.78 is 40.9. The van der Waals surface area contributed by atoms with Crippen molar-refractivity contribution in [1.82, 2.24) is 34.9 Å². The minimum atomic E-state index is -4.73. The standard InChI is InChI=1S/C23H27F3N8O2/c1-27-21(35)16-4-3-15(11-28-16)33-9-6-14(7-10-33)34-8-5-13(12-34)19-29-20-17(22(36)30-19)18(23(24,25)26)31-32(20)2/h3-4,11,13-14H,5-10,12H2,1-2H3,(H,27,35)(H,29,30,36). The minimum Gasteiger partial charge on any atom is -0.370 e. The van der Waals surface area contributed by atoms with E-state index in [0.29, 0.717) is 24.1 Å². The highest BCUT2D eigenvalue weighted by molar-refractivity contribution is 5.92. The summed E-state index contributed by atoms with van der Waals surface area (Å²) in [5.74, 6) is 0.125. The van der Waals surface area contributed by atoms with Gasteiger partial charge in [-0.1, -0.05) is 0 Å². The molecule has 10 nitrogen and oxygen atoms in total. The molecule has 36 heavy (non-hydrogen) atoms. The third kappa shape index (κ3) is 4.43. The van der Waals surface area contributed by atoms with Gasteiger partial charge in [0.2, 0.25) is 0 Å². The van der Waals surface area contributed by atoms with Crippen LogP contribution in [0.3, 0.4) is 0 Å². The van der Waals surface area contributed by atoms with Gasteiger partial charge in [0, 0.05) is 45.7 Å². The number of carbonyl (C=O) groups is 1. The normalized spacial score (nSPS) is 19.8. The Balaban J connectivity index is 1.24. The number of aromatic amines is 1. The molecule has 0 aliphatic carbocycles. The van der Waals surface area contributed by atoms with E-state index in [0.717, 1.165) is 49.3 Å². The number of nitrogens with zero attached hydrogens (tertiary/aromatic N) is 6. The molecule has 2 fully saturated rings. The molecule has 2 saturated heterocycles. The molecular formula is C23H27F3N8O2. The Bertz CT molecular complexity index is 1330. The number of alkyl halides is 3. The van der Waals surface area contributed by atoms with Crippen molar-refractivity contribution in [3.8, 4) is 0 Å². The van der Waals surface area contributed by atoms with Gasteiger partial charge in [0.1, 0.15) is 16.9 Å². The van der Waals surface area contributed by atoms with Gasteiger partial charge in [0.25, 0.3) is 11.5 Å². The minimum absolute atomic E-state index is 0.0520. The average molecular weight is 505 g/mol. The third-order valence-corrected chi connectivity index (χ3v) is 7.14. The number of hydrogen-bond donors (Lipinski definition) is 2. The van der Waals surface area contributed by atoms with Crippen LogP contribution in [0.1, 0.15) is 47.2 Å². The number of hydrogen-bond acceptors (Lipinski definition) is 7. The summed E-state index contributed by atoms with van der Waals surface area (Å²) >= 11 is 0.